The molecule has 1 unspecified atom stereocenters. The molecule has 19 heavy (non-hydrogen) atoms. The Morgan fingerprint density at radius 2 is 2.32 bits per heavy atom. The molecule has 0 saturated heterocycles. The van der Waals surface area contributed by atoms with Gasteiger partial charge in [0.15, 0.2) is 0 Å². The molecule has 104 valence electrons. The molecule has 1 aromatic heterocycles. The molecule has 0 radical (unpaired) electrons. The van der Waals surface area contributed by atoms with E-state index in [1.165, 1.54) is 6.07 Å². The lowest BCUT2D eigenvalue weighted by Crippen LogP contribution is -2.35. The zero-order valence-corrected chi connectivity index (χ0v) is 12.1. The first-order valence-electron chi connectivity index (χ1n) is 5.65. The minimum Gasteiger partial charge on any atom is -0.481 e. The Hall–Kier alpha value is -1.70. The number of carboxylic acids is 1. The molecule has 1 rings (SSSR count). The van der Waals surface area contributed by atoms with E-state index < -0.39 is 10.9 Å². The van der Waals surface area contributed by atoms with Crippen molar-refractivity contribution in [3.63, 3.8) is 0 Å². The molecule has 0 saturated carbocycles. The Labute approximate surface area is 118 Å². The SMILES string of the molecule is CCN(c1ncc([N+](=O)[O-])cc1Br)C(C)CC(=O)O. The van der Waals surface area contributed by atoms with Gasteiger partial charge in [0.2, 0.25) is 0 Å². The number of halogens is 1. The van der Waals surface area contributed by atoms with Gasteiger partial charge in [-0.3, -0.25) is 14.9 Å². The maximum atomic E-state index is 10.7. The Balaban J connectivity index is 3.05. The van der Waals surface area contributed by atoms with E-state index in [9.17, 15) is 14.9 Å². The molecule has 1 heterocycles. The highest BCUT2D eigenvalue weighted by molar-refractivity contribution is 9.10. The number of hydrogen-bond acceptors (Lipinski definition) is 5. The van der Waals surface area contributed by atoms with Crippen LogP contribution in [-0.2, 0) is 4.79 Å². The highest BCUT2D eigenvalue weighted by Crippen LogP contribution is 2.29. The molecule has 0 aromatic carbocycles. The van der Waals surface area contributed by atoms with E-state index in [0.717, 1.165) is 6.20 Å². The van der Waals surface area contributed by atoms with Crippen molar-refractivity contribution in [2.75, 3.05) is 11.4 Å². The molecule has 0 spiro atoms. The fourth-order valence-corrected chi connectivity index (χ4v) is 2.33. The summed E-state index contributed by atoms with van der Waals surface area (Å²) in [4.78, 5) is 26.7. The average Bonchev–Trinajstić information content (AvgIpc) is 2.30. The molecule has 1 N–H and O–H groups in total. The molecule has 1 atom stereocenters. The summed E-state index contributed by atoms with van der Waals surface area (Å²) < 4.78 is 0.473. The molecule has 0 fully saturated rings. The predicted molar refractivity (Wildman–Crippen MR) is 73.3 cm³/mol. The quantitative estimate of drug-likeness (QED) is 0.635. The molecule has 0 aliphatic rings. The maximum absolute atomic E-state index is 10.7. The molecule has 0 aliphatic heterocycles. The van der Waals surface area contributed by atoms with Gasteiger partial charge >= 0.3 is 5.97 Å². The Morgan fingerprint density at radius 3 is 2.74 bits per heavy atom. The standard InChI is InChI=1S/C11H14BrN3O4/c1-3-14(7(2)4-10(16)17)11-9(12)5-8(6-13-11)15(18)19/h5-7H,3-4H2,1-2H3,(H,16,17). The van der Waals surface area contributed by atoms with Crippen molar-refractivity contribution in [1.29, 1.82) is 0 Å². The van der Waals surface area contributed by atoms with Crippen LogP contribution in [0.3, 0.4) is 0 Å². The number of hydrogen-bond donors (Lipinski definition) is 1. The number of nitro groups is 1. The summed E-state index contributed by atoms with van der Waals surface area (Å²) >= 11 is 3.24. The third-order valence-electron chi connectivity index (χ3n) is 2.63. The Bertz CT molecular complexity index is 495. The van der Waals surface area contributed by atoms with Crippen LogP contribution in [-0.4, -0.2) is 33.6 Å². The number of rotatable bonds is 6. The van der Waals surface area contributed by atoms with Gasteiger partial charge in [0.25, 0.3) is 5.69 Å². The molecular weight excluding hydrogens is 318 g/mol. The number of pyridine rings is 1. The van der Waals surface area contributed by atoms with Crippen LogP contribution in [0.2, 0.25) is 0 Å². The van der Waals surface area contributed by atoms with Crippen LogP contribution in [0.1, 0.15) is 20.3 Å². The van der Waals surface area contributed by atoms with Crippen molar-refractivity contribution >= 4 is 33.4 Å². The summed E-state index contributed by atoms with van der Waals surface area (Å²) in [5.41, 5.74) is -0.113. The minimum atomic E-state index is -0.899. The predicted octanol–water partition coefficient (Wildman–Crippen LogP) is 2.44. The van der Waals surface area contributed by atoms with E-state index in [1.54, 1.807) is 11.8 Å². The summed E-state index contributed by atoms with van der Waals surface area (Å²) in [5, 5.41) is 19.4. The monoisotopic (exact) mass is 331 g/mol. The van der Waals surface area contributed by atoms with Crippen molar-refractivity contribution in [2.24, 2.45) is 0 Å². The molecular formula is C11H14BrN3O4. The van der Waals surface area contributed by atoms with Crippen LogP contribution in [0.5, 0.6) is 0 Å². The fourth-order valence-electron chi connectivity index (χ4n) is 1.76. The number of aromatic nitrogens is 1. The molecule has 0 bridgehead atoms. The molecule has 0 aliphatic carbocycles. The second-order valence-electron chi connectivity index (χ2n) is 3.99. The first-order chi connectivity index (χ1) is 8.86. The van der Waals surface area contributed by atoms with E-state index in [-0.39, 0.29) is 18.2 Å². The topological polar surface area (TPSA) is 96.6 Å². The van der Waals surface area contributed by atoms with Crippen LogP contribution in [0, 0.1) is 10.1 Å². The van der Waals surface area contributed by atoms with E-state index in [0.29, 0.717) is 16.8 Å². The number of nitrogens with zero attached hydrogens (tertiary/aromatic N) is 3. The summed E-state index contributed by atoms with van der Waals surface area (Å²) in [6, 6.07) is 1.10. The van der Waals surface area contributed by atoms with Gasteiger partial charge in [0, 0.05) is 18.7 Å². The number of anilines is 1. The highest BCUT2D eigenvalue weighted by atomic mass is 79.9. The van der Waals surface area contributed by atoms with Gasteiger partial charge in [-0.25, -0.2) is 4.98 Å². The number of carbonyl (C=O) groups is 1. The smallest absolute Gasteiger partial charge is 0.305 e. The van der Waals surface area contributed by atoms with Crippen LogP contribution >= 0.6 is 15.9 Å². The summed E-state index contributed by atoms with van der Waals surface area (Å²) in [6.45, 7) is 4.19. The number of aliphatic carboxylic acids is 1. The summed E-state index contributed by atoms with van der Waals surface area (Å²) in [6.07, 6.45) is 1.13. The van der Waals surface area contributed by atoms with E-state index in [2.05, 4.69) is 20.9 Å². The first kappa shape index (κ1) is 15.4. The summed E-state index contributed by atoms with van der Waals surface area (Å²) in [5.74, 6) is -0.397. The lowest BCUT2D eigenvalue weighted by Gasteiger charge is -2.28. The van der Waals surface area contributed by atoms with Gasteiger partial charge in [-0.1, -0.05) is 0 Å². The van der Waals surface area contributed by atoms with E-state index >= 15 is 0 Å². The molecule has 0 amide bonds. The second-order valence-corrected chi connectivity index (χ2v) is 4.84. The fraction of sp³-hybridized carbons (Fsp3) is 0.455. The molecule has 1 aromatic rings. The van der Waals surface area contributed by atoms with E-state index in [1.807, 2.05) is 6.92 Å². The Kier molecular flexibility index (Phi) is 5.22. The van der Waals surface area contributed by atoms with Crippen LogP contribution in [0.25, 0.3) is 0 Å². The van der Waals surface area contributed by atoms with Crippen LogP contribution < -0.4 is 4.90 Å². The van der Waals surface area contributed by atoms with Gasteiger partial charge in [-0.05, 0) is 29.8 Å². The average molecular weight is 332 g/mol. The maximum Gasteiger partial charge on any atom is 0.305 e. The van der Waals surface area contributed by atoms with E-state index in [4.69, 9.17) is 5.11 Å². The largest absolute Gasteiger partial charge is 0.481 e. The third kappa shape index (κ3) is 3.88. The number of carboxylic acid groups (broad SMARTS) is 1. The van der Waals surface area contributed by atoms with Crippen molar-refractivity contribution in [3.8, 4) is 0 Å². The zero-order valence-electron chi connectivity index (χ0n) is 10.5. The Morgan fingerprint density at radius 1 is 1.68 bits per heavy atom. The van der Waals surface area contributed by atoms with Gasteiger partial charge in [0.1, 0.15) is 12.0 Å². The zero-order chi connectivity index (χ0) is 14.6. The van der Waals surface area contributed by atoms with Crippen molar-refractivity contribution in [3.05, 3.63) is 26.9 Å². The lowest BCUT2D eigenvalue weighted by atomic mass is 10.2. The van der Waals surface area contributed by atoms with Gasteiger partial charge < -0.3 is 10.0 Å². The normalized spacial score (nSPS) is 11.9. The first-order valence-corrected chi connectivity index (χ1v) is 6.44. The highest BCUT2D eigenvalue weighted by Gasteiger charge is 2.21. The van der Waals surface area contributed by atoms with Crippen molar-refractivity contribution in [1.82, 2.24) is 4.98 Å². The lowest BCUT2D eigenvalue weighted by molar-refractivity contribution is -0.385. The molecule has 7 nitrogen and oxygen atoms in total. The third-order valence-corrected chi connectivity index (χ3v) is 3.22. The summed E-state index contributed by atoms with van der Waals surface area (Å²) in [7, 11) is 0. The molecule has 8 heteroatoms. The van der Waals surface area contributed by atoms with Gasteiger partial charge in [-0.2, -0.15) is 0 Å². The van der Waals surface area contributed by atoms with Gasteiger partial charge in [-0.15, -0.1) is 0 Å². The van der Waals surface area contributed by atoms with Crippen molar-refractivity contribution in [2.45, 2.75) is 26.3 Å². The second kappa shape index (κ2) is 6.46. The van der Waals surface area contributed by atoms with Crippen LogP contribution in [0.15, 0.2) is 16.7 Å². The van der Waals surface area contributed by atoms with Crippen LogP contribution in [0.4, 0.5) is 11.5 Å². The van der Waals surface area contributed by atoms with Crippen molar-refractivity contribution < 1.29 is 14.8 Å². The minimum absolute atomic E-state index is 0.0288. The van der Waals surface area contributed by atoms with Gasteiger partial charge in [0.05, 0.1) is 15.8 Å².